The average Bonchev–Trinajstić information content (AvgIpc) is 3.16. The van der Waals surface area contributed by atoms with Crippen molar-refractivity contribution < 1.29 is 9.53 Å². The Labute approximate surface area is 152 Å². The Bertz CT molecular complexity index is 828. The van der Waals surface area contributed by atoms with Crippen molar-refractivity contribution >= 4 is 23.4 Å². The van der Waals surface area contributed by atoms with E-state index in [0.717, 1.165) is 12.1 Å². The van der Waals surface area contributed by atoms with E-state index in [9.17, 15) is 4.79 Å². The number of hydrogen-bond donors (Lipinski definition) is 1. The third-order valence-corrected chi connectivity index (χ3v) is 6.00. The molecule has 3 unspecified atom stereocenters. The van der Waals surface area contributed by atoms with Crippen LogP contribution in [0, 0.1) is 5.92 Å². The first-order valence-electron chi connectivity index (χ1n) is 8.50. The van der Waals surface area contributed by atoms with Crippen LogP contribution >= 0.6 is 11.8 Å². The lowest BCUT2D eigenvalue weighted by Gasteiger charge is -2.37. The van der Waals surface area contributed by atoms with Gasteiger partial charge in [-0.3, -0.25) is 0 Å². The van der Waals surface area contributed by atoms with Crippen molar-refractivity contribution in [3.8, 4) is 0 Å². The Morgan fingerprint density at radius 1 is 1.20 bits per heavy atom. The molecule has 4 rings (SSSR count). The fraction of sp³-hybridized carbons (Fsp3) is 0.286. The van der Waals surface area contributed by atoms with Gasteiger partial charge in [0.15, 0.2) is 0 Å². The van der Waals surface area contributed by atoms with Gasteiger partial charge in [0, 0.05) is 16.5 Å². The van der Waals surface area contributed by atoms with Crippen molar-refractivity contribution in [3.63, 3.8) is 0 Å². The van der Waals surface area contributed by atoms with Crippen molar-refractivity contribution in [1.82, 2.24) is 0 Å². The van der Waals surface area contributed by atoms with E-state index in [2.05, 4.69) is 48.0 Å². The summed E-state index contributed by atoms with van der Waals surface area (Å²) in [7, 11) is 1.42. The molecule has 25 heavy (non-hydrogen) atoms. The lowest BCUT2D eigenvalue weighted by molar-refractivity contribution is 0.0600. The molecule has 0 radical (unpaired) electrons. The summed E-state index contributed by atoms with van der Waals surface area (Å²) >= 11 is 1.76. The number of nitrogens with one attached hydrogen (secondary N) is 1. The number of methoxy groups -OCH3 is 1. The number of thioether (sulfide) groups is 1. The van der Waals surface area contributed by atoms with E-state index in [4.69, 9.17) is 4.74 Å². The topological polar surface area (TPSA) is 38.3 Å². The number of carbonyl (C=O) groups is 1. The van der Waals surface area contributed by atoms with Crippen LogP contribution < -0.4 is 5.32 Å². The van der Waals surface area contributed by atoms with Gasteiger partial charge in [-0.25, -0.2) is 4.79 Å². The minimum atomic E-state index is -0.281. The molecule has 2 aliphatic rings. The smallest absolute Gasteiger partial charge is 0.337 e. The summed E-state index contributed by atoms with van der Waals surface area (Å²) < 4.78 is 4.87. The molecule has 1 aliphatic heterocycles. The van der Waals surface area contributed by atoms with Crippen molar-refractivity contribution in [2.24, 2.45) is 5.92 Å². The highest BCUT2D eigenvalue weighted by Crippen LogP contribution is 2.50. The number of ether oxygens (including phenoxy) is 1. The highest BCUT2D eigenvalue weighted by Gasteiger charge is 2.38. The molecule has 0 fully saturated rings. The van der Waals surface area contributed by atoms with Crippen LogP contribution in [0.2, 0.25) is 0 Å². The first-order valence-corrected chi connectivity index (χ1v) is 9.73. The number of allylic oxidation sites excluding steroid dienone is 2. The number of hydrogen-bond acceptors (Lipinski definition) is 4. The third-order valence-electron chi connectivity index (χ3n) is 5.26. The zero-order valence-corrected chi connectivity index (χ0v) is 15.2. The van der Waals surface area contributed by atoms with E-state index < -0.39 is 0 Å². The molecule has 1 aliphatic carbocycles. The van der Waals surface area contributed by atoms with E-state index in [1.54, 1.807) is 11.8 Å². The summed E-state index contributed by atoms with van der Waals surface area (Å²) in [6.07, 6.45) is 7.70. The molecule has 0 saturated carbocycles. The molecule has 0 saturated heterocycles. The van der Waals surface area contributed by atoms with Crippen molar-refractivity contribution in [1.29, 1.82) is 0 Å². The first-order chi connectivity index (χ1) is 12.2. The van der Waals surface area contributed by atoms with Gasteiger partial charge in [-0.15, -0.1) is 11.8 Å². The zero-order valence-electron chi connectivity index (χ0n) is 14.4. The minimum Gasteiger partial charge on any atom is -0.465 e. The highest BCUT2D eigenvalue weighted by atomic mass is 32.2. The normalized spacial score (nSPS) is 23.5. The maximum atomic E-state index is 11.9. The molecule has 0 aromatic heterocycles. The predicted molar refractivity (Wildman–Crippen MR) is 102 cm³/mol. The number of fused-ring (bicyclic) bond motifs is 3. The lowest BCUT2D eigenvalue weighted by Crippen LogP contribution is -2.29. The summed E-state index contributed by atoms with van der Waals surface area (Å²) in [5, 5.41) is 3.71. The number of rotatable bonds is 3. The molecule has 2 aromatic rings. The number of carbonyl (C=O) groups excluding carboxylic acids is 1. The van der Waals surface area contributed by atoms with Gasteiger partial charge in [0.05, 0.1) is 18.7 Å². The summed E-state index contributed by atoms with van der Waals surface area (Å²) in [6.45, 7) is 0. The molecular formula is C21H21NO2S. The monoisotopic (exact) mass is 351 g/mol. The van der Waals surface area contributed by atoms with Crippen LogP contribution in [0.4, 0.5) is 5.69 Å². The predicted octanol–water partition coefficient (Wildman–Crippen LogP) is 5.02. The minimum absolute atomic E-state index is 0.281. The van der Waals surface area contributed by atoms with E-state index in [1.807, 2.05) is 18.2 Å². The third kappa shape index (κ3) is 2.85. The summed E-state index contributed by atoms with van der Waals surface area (Å²) in [5.74, 6) is 0.530. The number of esters is 1. The fourth-order valence-corrected chi connectivity index (χ4v) is 4.39. The molecule has 3 nitrogen and oxygen atoms in total. The van der Waals surface area contributed by atoms with E-state index >= 15 is 0 Å². The maximum absolute atomic E-state index is 11.9. The molecule has 1 N–H and O–H groups in total. The maximum Gasteiger partial charge on any atom is 0.337 e. The Kier molecular flexibility index (Phi) is 4.30. The van der Waals surface area contributed by atoms with Gasteiger partial charge in [-0.2, -0.15) is 0 Å². The molecule has 2 aromatic carbocycles. The molecule has 0 amide bonds. The highest BCUT2D eigenvalue weighted by molar-refractivity contribution is 7.98. The average molecular weight is 351 g/mol. The molecule has 1 heterocycles. The van der Waals surface area contributed by atoms with Crippen LogP contribution in [0.15, 0.2) is 59.5 Å². The Balaban J connectivity index is 1.71. The van der Waals surface area contributed by atoms with Crippen LogP contribution in [-0.2, 0) is 4.74 Å². The number of anilines is 1. The van der Waals surface area contributed by atoms with E-state index in [1.165, 1.54) is 23.1 Å². The van der Waals surface area contributed by atoms with Crippen molar-refractivity contribution in [2.75, 3.05) is 18.7 Å². The van der Waals surface area contributed by atoms with Crippen LogP contribution in [0.25, 0.3) is 0 Å². The SMILES string of the molecule is COC(=O)c1ccc2c(c1)C1C=CCC1C(c1ccc(SC)cc1)N2. The van der Waals surface area contributed by atoms with Crippen LogP contribution in [0.3, 0.4) is 0 Å². The summed E-state index contributed by atoms with van der Waals surface area (Å²) in [6, 6.07) is 14.9. The molecule has 0 spiro atoms. The second kappa shape index (κ2) is 6.60. The second-order valence-electron chi connectivity index (χ2n) is 6.54. The fourth-order valence-electron chi connectivity index (χ4n) is 3.98. The van der Waals surface area contributed by atoms with Gasteiger partial charge in [0.2, 0.25) is 0 Å². The van der Waals surface area contributed by atoms with E-state index in [0.29, 0.717) is 17.4 Å². The van der Waals surface area contributed by atoms with Gasteiger partial charge in [-0.05, 0) is 60.1 Å². The molecule has 3 atom stereocenters. The van der Waals surface area contributed by atoms with E-state index in [-0.39, 0.29) is 12.0 Å². The summed E-state index contributed by atoms with van der Waals surface area (Å²) in [4.78, 5) is 13.2. The van der Waals surface area contributed by atoms with Crippen LogP contribution in [0.5, 0.6) is 0 Å². The zero-order chi connectivity index (χ0) is 17.4. The van der Waals surface area contributed by atoms with Gasteiger partial charge in [-0.1, -0.05) is 24.3 Å². The van der Waals surface area contributed by atoms with Gasteiger partial charge in [0.1, 0.15) is 0 Å². The van der Waals surface area contributed by atoms with Crippen LogP contribution in [-0.4, -0.2) is 19.3 Å². The first kappa shape index (κ1) is 16.3. The molecule has 128 valence electrons. The van der Waals surface area contributed by atoms with Gasteiger partial charge < -0.3 is 10.1 Å². The van der Waals surface area contributed by atoms with Gasteiger partial charge in [0.25, 0.3) is 0 Å². The molecular weight excluding hydrogens is 330 g/mol. The standard InChI is InChI=1S/C21H21NO2S/c1-24-21(23)14-8-11-19-18(12-14)16-4-3-5-17(16)20(22-19)13-6-9-15(25-2)10-7-13/h3-4,6-12,16-17,20,22H,5H2,1-2H3. The quantitative estimate of drug-likeness (QED) is 0.479. The molecule has 4 heteroatoms. The van der Waals surface area contributed by atoms with Crippen LogP contribution in [0.1, 0.15) is 39.9 Å². The number of benzene rings is 2. The molecule has 0 bridgehead atoms. The van der Waals surface area contributed by atoms with Crippen molar-refractivity contribution in [3.05, 3.63) is 71.3 Å². The second-order valence-corrected chi connectivity index (χ2v) is 7.42. The van der Waals surface area contributed by atoms with Crippen molar-refractivity contribution in [2.45, 2.75) is 23.3 Å². The largest absolute Gasteiger partial charge is 0.465 e. The Morgan fingerprint density at radius 2 is 2.00 bits per heavy atom. The Hall–Kier alpha value is -2.20. The van der Waals surface area contributed by atoms with Gasteiger partial charge >= 0.3 is 5.97 Å². The lowest BCUT2D eigenvalue weighted by atomic mass is 9.76. The Morgan fingerprint density at radius 3 is 2.72 bits per heavy atom. The summed E-state index contributed by atoms with van der Waals surface area (Å²) in [5.41, 5.74) is 4.24.